The minimum Gasteiger partial charge on any atom is -0.298 e. The lowest BCUT2D eigenvalue weighted by Crippen LogP contribution is -2.18. The third-order valence-corrected chi connectivity index (χ3v) is 3.33. The molecule has 0 aromatic carbocycles. The van der Waals surface area contributed by atoms with Crippen LogP contribution in [0.15, 0.2) is 18.3 Å². The molecule has 0 radical (unpaired) electrons. The van der Waals surface area contributed by atoms with Crippen LogP contribution in [0.1, 0.15) is 35.1 Å². The van der Waals surface area contributed by atoms with E-state index in [0.717, 1.165) is 30.7 Å². The zero-order chi connectivity index (χ0) is 11.8. The van der Waals surface area contributed by atoms with Crippen molar-refractivity contribution in [2.45, 2.75) is 18.9 Å². The maximum absolute atomic E-state index is 10.7. The lowest BCUT2D eigenvalue weighted by Gasteiger charge is -2.15. The van der Waals surface area contributed by atoms with Crippen molar-refractivity contribution in [3.63, 3.8) is 0 Å². The number of hydrogen-bond acceptors (Lipinski definition) is 4. The third-order valence-electron chi connectivity index (χ3n) is 3.33. The van der Waals surface area contributed by atoms with Crippen molar-refractivity contribution >= 4 is 11.9 Å². The lowest BCUT2D eigenvalue weighted by molar-refractivity contribution is 0.112. The highest BCUT2D eigenvalue weighted by molar-refractivity contribution is 5.76. The van der Waals surface area contributed by atoms with Crippen LogP contribution < -0.4 is 0 Å². The fraction of sp³-hybridized carbons (Fsp3) is 0.417. The molecular weight excluding hydrogens is 216 g/mol. The highest BCUT2D eigenvalue weighted by atomic mass is 16.1. The van der Waals surface area contributed by atoms with Gasteiger partial charge < -0.3 is 0 Å². The predicted octanol–water partition coefficient (Wildman–Crippen LogP) is 1.31. The number of aldehydes is 1. The van der Waals surface area contributed by atoms with E-state index in [4.69, 9.17) is 0 Å². The van der Waals surface area contributed by atoms with Crippen LogP contribution in [0.4, 0.5) is 0 Å². The first-order chi connectivity index (χ1) is 8.28. The molecule has 0 spiro atoms. The van der Waals surface area contributed by atoms with Gasteiger partial charge in [0.2, 0.25) is 0 Å². The Morgan fingerprint density at radius 2 is 2.41 bits per heavy atom. The van der Waals surface area contributed by atoms with Gasteiger partial charge in [-0.3, -0.25) is 9.69 Å². The van der Waals surface area contributed by atoms with E-state index < -0.39 is 0 Å². The van der Waals surface area contributed by atoms with E-state index in [0.29, 0.717) is 11.6 Å². The molecule has 2 aromatic rings. The normalized spacial score (nSPS) is 21.1. The van der Waals surface area contributed by atoms with Gasteiger partial charge in [0.05, 0.1) is 6.04 Å². The number of likely N-dealkylation sites (tertiary alicyclic amines) is 1. The third kappa shape index (κ3) is 1.72. The van der Waals surface area contributed by atoms with Crippen LogP contribution in [-0.2, 0) is 0 Å². The van der Waals surface area contributed by atoms with Gasteiger partial charge in [-0.1, -0.05) is 0 Å². The Hall–Kier alpha value is -1.75. The fourth-order valence-electron chi connectivity index (χ4n) is 2.37. The molecule has 88 valence electrons. The average molecular weight is 230 g/mol. The molecule has 3 heterocycles. The van der Waals surface area contributed by atoms with E-state index in [2.05, 4.69) is 22.0 Å². The van der Waals surface area contributed by atoms with Crippen molar-refractivity contribution in [1.29, 1.82) is 0 Å². The van der Waals surface area contributed by atoms with Crippen molar-refractivity contribution in [2.24, 2.45) is 0 Å². The zero-order valence-corrected chi connectivity index (χ0v) is 9.71. The average Bonchev–Trinajstić information content (AvgIpc) is 2.93. The van der Waals surface area contributed by atoms with Crippen LogP contribution in [0, 0.1) is 0 Å². The monoisotopic (exact) mass is 230 g/mol. The summed E-state index contributed by atoms with van der Waals surface area (Å²) in [5.41, 5.74) is 1.38. The Labute approximate surface area is 99.1 Å². The highest BCUT2D eigenvalue weighted by Gasteiger charge is 2.26. The molecule has 1 fully saturated rings. The van der Waals surface area contributed by atoms with Crippen molar-refractivity contribution < 1.29 is 4.79 Å². The molecule has 17 heavy (non-hydrogen) atoms. The maximum Gasteiger partial charge on any atom is 0.168 e. The Morgan fingerprint density at radius 3 is 3.12 bits per heavy atom. The topological polar surface area (TPSA) is 50.5 Å². The SMILES string of the molecule is CN1CCCC1c1nc2cc(C=O)ccn2n1. The van der Waals surface area contributed by atoms with Gasteiger partial charge in [0.15, 0.2) is 11.5 Å². The first-order valence-corrected chi connectivity index (χ1v) is 5.79. The molecule has 0 bridgehead atoms. The van der Waals surface area contributed by atoms with E-state index in [-0.39, 0.29) is 0 Å². The Morgan fingerprint density at radius 1 is 1.53 bits per heavy atom. The smallest absolute Gasteiger partial charge is 0.168 e. The minimum atomic E-state index is 0.314. The second-order valence-corrected chi connectivity index (χ2v) is 4.49. The Balaban J connectivity index is 2.04. The molecule has 3 rings (SSSR count). The van der Waals surface area contributed by atoms with Gasteiger partial charge in [-0.15, -0.1) is 5.10 Å². The number of rotatable bonds is 2. The molecule has 1 aliphatic heterocycles. The summed E-state index contributed by atoms with van der Waals surface area (Å²) in [5, 5.41) is 4.47. The van der Waals surface area contributed by atoms with E-state index >= 15 is 0 Å². The van der Waals surface area contributed by atoms with E-state index in [1.807, 2.05) is 0 Å². The molecule has 0 amide bonds. The minimum absolute atomic E-state index is 0.314. The van der Waals surface area contributed by atoms with Crippen molar-refractivity contribution in [1.82, 2.24) is 19.5 Å². The molecule has 1 unspecified atom stereocenters. The lowest BCUT2D eigenvalue weighted by atomic mass is 10.2. The quantitative estimate of drug-likeness (QED) is 0.730. The Kier molecular flexibility index (Phi) is 2.40. The summed E-state index contributed by atoms with van der Waals surface area (Å²) in [6.07, 6.45) is 4.91. The number of carbonyl (C=O) groups is 1. The molecule has 0 aliphatic carbocycles. The molecule has 5 nitrogen and oxygen atoms in total. The fourth-order valence-corrected chi connectivity index (χ4v) is 2.37. The number of pyridine rings is 1. The summed E-state index contributed by atoms with van der Waals surface area (Å²) in [5.74, 6) is 0.855. The van der Waals surface area contributed by atoms with Crippen molar-refractivity contribution in [3.05, 3.63) is 29.7 Å². The van der Waals surface area contributed by atoms with E-state index in [1.54, 1.807) is 22.8 Å². The number of nitrogens with zero attached hydrogens (tertiary/aromatic N) is 4. The highest BCUT2D eigenvalue weighted by Crippen LogP contribution is 2.28. The van der Waals surface area contributed by atoms with Crippen LogP contribution in [0.25, 0.3) is 5.65 Å². The molecule has 5 heteroatoms. The summed E-state index contributed by atoms with van der Waals surface area (Å²) in [7, 11) is 2.10. The van der Waals surface area contributed by atoms with Gasteiger partial charge >= 0.3 is 0 Å². The van der Waals surface area contributed by atoms with Crippen molar-refractivity contribution in [3.8, 4) is 0 Å². The van der Waals surface area contributed by atoms with Crippen LogP contribution in [0.3, 0.4) is 0 Å². The summed E-state index contributed by atoms with van der Waals surface area (Å²) in [6, 6.07) is 3.82. The number of aromatic nitrogens is 3. The maximum atomic E-state index is 10.7. The Bertz CT molecular complexity index is 563. The van der Waals surface area contributed by atoms with Crippen LogP contribution in [0.2, 0.25) is 0 Å². The number of hydrogen-bond donors (Lipinski definition) is 0. The van der Waals surface area contributed by atoms with Gasteiger partial charge in [0.25, 0.3) is 0 Å². The molecule has 0 N–H and O–H groups in total. The van der Waals surface area contributed by atoms with Gasteiger partial charge in [0, 0.05) is 11.8 Å². The molecule has 1 saturated heterocycles. The molecule has 1 atom stereocenters. The van der Waals surface area contributed by atoms with Gasteiger partial charge in [-0.05, 0) is 38.6 Å². The zero-order valence-electron chi connectivity index (χ0n) is 9.71. The van der Waals surface area contributed by atoms with Gasteiger partial charge in [-0.2, -0.15) is 0 Å². The van der Waals surface area contributed by atoms with Gasteiger partial charge in [0.1, 0.15) is 6.29 Å². The second kappa shape index (κ2) is 3.92. The van der Waals surface area contributed by atoms with Crippen LogP contribution >= 0.6 is 0 Å². The molecule has 1 aliphatic rings. The van der Waals surface area contributed by atoms with Crippen LogP contribution in [-0.4, -0.2) is 39.4 Å². The molecule has 2 aromatic heterocycles. The predicted molar refractivity (Wildman–Crippen MR) is 63.0 cm³/mol. The number of carbonyl (C=O) groups excluding carboxylic acids is 1. The first kappa shape index (κ1) is 10.4. The summed E-state index contributed by atoms with van der Waals surface area (Å²) in [6.45, 7) is 1.10. The summed E-state index contributed by atoms with van der Waals surface area (Å²) < 4.78 is 1.73. The second-order valence-electron chi connectivity index (χ2n) is 4.49. The van der Waals surface area contributed by atoms with Crippen LogP contribution in [0.5, 0.6) is 0 Å². The molecule has 0 saturated carbocycles. The number of fused-ring (bicyclic) bond motifs is 1. The van der Waals surface area contributed by atoms with Gasteiger partial charge in [-0.25, -0.2) is 9.50 Å². The molecular formula is C12H14N4O. The van der Waals surface area contributed by atoms with E-state index in [1.165, 1.54) is 6.42 Å². The van der Waals surface area contributed by atoms with Crippen molar-refractivity contribution in [2.75, 3.05) is 13.6 Å². The van der Waals surface area contributed by atoms with E-state index in [9.17, 15) is 4.79 Å². The summed E-state index contributed by atoms with van der Waals surface area (Å²) >= 11 is 0. The largest absolute Gasteiger partial charge is 0.298 e. The standard InChI is InChI=1S/C12H14N4O/c1-15-5-2-3-10(15)12-13-11-7-9(8-17)4-6-16(11)14-12/h4,6-8,10H,2-3,5H2,1H3. The first-order valence-electron chi connectivity index (χ1n) is 5.79. The summed E-state index contributed by atoms with van der Waals surface area (Å²) in [4.78, 5) is 17.5.